The van der Waals surface area contributed by atoms with E-state index < -0.39 is 9.84 Å². The van der Waals surface area contributed by atoms with Gasteiger partial charge in [-0.1, -0.05) is 29.8 Å². The van der Waals surface area contributed by atoms with Crippen LogP contribution in [0, 0.1) is 6.92 Å². The van der Waals surface area contributed by atoms with Crippen molar-refractivity contribution >= 4 is 21.7 Å². The molecule has 0 aliphatic carbocycles. The average Bonchev–Trinajstić information content (AvgIpc) is 2.89. The molecule has 1 aromatic rings. The van der Waals surface area contributed by atoms with Gasteiger partial charge in [0, 0.05) is 32.6 Å². The van der Waals surface area contributed by atoms with Gasteiger partial charge in [-0.3, -0.25) is 9.79 Å². The molecule has 0 saturated carbocycles. The third-order valence-electron chi connectivity index (χ3n) is 4.01. The molecule has 1 aromatic carbocycles. The van der Waals surface area contributed by atoms with Crippen LogP contribution in [-0.4, -0.2) is 51.4 Å². The van der Waals surface area contributed by atoms with E-state index in [-0.39, 0.29) is 29.9 Å². The Morgan fingerprint density at radius 1 is 1.32 bits per heavy atom. The molecule has 1 fully saturated rings. The molecule has 25 heavy (non-hydrogen) atoms. The van der Waals surface area contributed by atoms with Gasteiger partial charge in [0.15, 0.2) is 15.8 Å². The number of nitrogens with zero attached hydrogens (tertiary/aromatic N) is 1. The number of benzene rings is 1. The predicted molar refractivity (Wildman–Crippen MR) is 99.2 cm³/mol. The van der Waals surface area contributed by atoms with Gasteiger partial charge in [0.2, 0.25) is 5.91 Å². The van der Waals surface area contributed by atoms with E-state index in [1.165, 1.54) is 5.56 Å². The highest BCUT2D eigenvalue weighted by Crippen LogP contribution is 2.11. The number of sulfone groups is 1. The zero-order chi connectivity index (χ0) is 18.3. The monoisotopic (exact) mass is 366 g/mol. The van der Waals surface area contributed by atoms with Gasteiger partial charge in [0.05, 0.1) is 11.5 Å². The summed E-state index contributed by atoms with van der Waals surface area (Å²) >= 11 is 0. The number of aliphatic imine (C=N–C) groups is 1. The van der Waals surface area contributed by atoms with Gasteiger partial charge >= 0.3 is 0 Å². The molecule has 8 heteroatoms. The van der Waals surface area contributed by atoms with Crippen molar-refractivity contribution < 1.29 is 13.2 Å². The zero-order valence-corrected chi connectivity index (χ0v) is 15.5. The molecule has 1 heterocycles. The van der Waals surface area contributed by atoms with E-state index in [2.05, 4.69) is 27.0 Å². The van der Waals surface area contributed by atoms with Crippen LogP contribution in [0.1, 0.15) is 24.0 Å². The minimum atomic E-state index is -2.98. The molecule has 0 spiro atoms. The van der Waals surface area contributed by atoms with Crippen LogP contribution < -0.4 is 16.0 Å². The lowest BCUT2D eigenvalue weighted by atomic mass is 10.1. The van der Waals surface area contributed by atoms with E-state index in [0.717, 1.165) is 5.56 Å². The van der Waals surface area contributed by atoms with Crippen LogP contribution >= 0.6 is 0 Å². The quantitative estimate of drug-likeness (QED) is 0.498. The molecule has 1 atom stereocenters. The molecular weight excluding hydrogens is 340 g/mol. The number of nitrogens with one attached hydrogen (secondary N) is 3. The Balaban J connectivity index is 1.67. The summed E-state index contributed by atoms with van der Waals surface area (Å²) in [6.07, 6.45) is 0.767. The number of carbonyl (C=O) groups excluding carboxylic acids is 1. The minimum Gasteiger partial charge on any atom is -0.356 e. The molecule has 0 radical (unpaired) electrons. The fraction of sp³-hybridized carbons (Fsp3) is 0.529. The topological polar surface area (TPSA) is 99.7 Å². The second-order valence-corrected chi connectivity index (χ2v) is 8.49. The van der Waals surface area contributed by atoms with E-state index >= 15 is 0 Å². The Labute approximate surface area is 149 Å². The molecule has 1 aliphatic heterocycles. The highest BCUT2D eigenvalue weighted by Gasteiger charge is 2.28. The van der Waals surface area contributed by atoms with Crippen molar-refractivity contribution in [2.24, 2.45) is 4.99 Å². The zero-order valence-electron chi connectivity index (χ0n) is 14.7. The van der Waals surface area contributed by atoms with Gasteiger partial charge in [-0.25, -0.2) is 8.42 Å². The molecule has 1 unspecified atom stereocenters. The third kappa shape index (κ3) is 6.74. The normalized spacial score (nSPS) is 19.4. The van der Waals surface area contributed by atoms with Gasteiger partial charge in [-0.2, -0.15) is 0 Å². The smallest absolute Gasteiger partial charge is 0.222 e. The summed E-state index contributed by atoms with van der Waals surface area (Å²) in [4.78, 5) is 16.0. The summed E-state index contributed by atoms with van der Waals surface area (Å²) in [5.74, 6) is 0.680. The average molecular weight is 366 g/mol. The number of rotatable bonds is 6. The van der Waals surface area contributed by atoms with E-state index in [9.17, 15) is 13.2 Å². The molecule has 0 aromatic heterocycles. The summed E-state index contributed by atoms with van der Waals surface area (Å²) in [5, 5.41) is 9.06. The maximum absolute atomic E-state index is 11.9. The first-order chi connectivity index (χ1) is 11.9. The SMILES string of the molecule is CN=C(NCCC(=O)NC1CCS(=O)(=O)C1)NCc1cccc(C)c1. The molecule has 7 nitrogen and oxygen atoms in total. The first-order valence-electron chi connectivity index (χ1n) is 8.38. The second-order valence-electron chi connectivity index (χ2n) is 6.26. The third-order valence-corrected chi connectivity index (χ3v) is 5.78. The largest absolute Gasteiger partial charge is 0.356 e. The van der Waals surface area contributed by atoms with Crippen LogP contribution in [0.15, 0.2) is 29.3 Å². The summed E-state index contributed by atoms with van der Waals surface area (Å²) < 4.78 is 22.8. The van der Waals surface area contributed by atoms with E-state index in [4.69, 9.17) is 0 Å². The Morgan fingerprint density at radius 3 is 2.76 bits per heavy atom. The fourth-order valence-electron chi connectivity index (χ4n) is 2.73. The lowest BCUT2D eigenvalue weighted by Gasteiger charge is -2.13. The van der Waals surface area contributed by atoms with Crippen LogP contribution in [0.4, 0.5) is 0 Å². The Kier molecular flexibility index (Phi) is 6.81. The summed E-state index contributed by atoms with van der Waals surface area (Å²) in [7, 11) is -1.30. The standard InChI is InChI=1S/C17H26N4O3S/c1-13-4-3-5-14(10-13)11-20-17(18-2)19-8-6-16(22)21-15-7-9-25(23,24)12-15/h3-5,10,15H,6-9,11-12H2,1-2H3,(H,21,22)(H2,18,19,20). The summed E-state index contributed by atoms with van der Waals surface area (Å²) in [6.45, 7) is 3.12. The van der Waals surface area contributed by atoms with Crippen molar-refractivity contribution in [1.82, 2.24) is 16.0 Å². The van der Waals surface area contributed by atoms with Crippen molar-refractivity contribution in [2.45, 2.75) is 32.4 Å². The fourth-order valence-corrected chi connectivity index (χ4v) is 4.40. The van der Waals surface area contributed by atoms with Gasteiger partial charge in [-0.15, -0.1) is 0 Å². The van der Waals surface area contributed by atoms with Crippen LogP contribution in [0.5, 0.6) is 0 Å². The molecular formula is C17H26N4O3S. The first-order valence-corrected chi connectivity index (χ1v) is 10.2. The van der Waals surface area contributed by atoms with E-state index in [1.807, 2.05) is 25.1 Å². The lowest BCUT2D eigenvalue weighted by Crippen LogP contribution is -2.40. The van der Waals surface area contributed by atoms with Gasteiger partial charge in [-0.05, 0) is 18.9 Å². The van der Waals surface area contributed by atoms with Gasteiger partial charge in [0.1, 0.15) is 0 Å². The first kappa shape index (κ1) is 19.2. The highest BCUT2D eigenvalue weighted by molar-refractivity contribution is 7.91. The van der Waals surface area contributed by atoms with Crippen LogP contribution in [-0.2, 0) is 21.2 Å². The van der Waals surface area contributed by atoms with Gasteiger partial charge in [0.25, 0.3) is 0 Å². The van der Waals surface area contributed by atoms with Gasteiger partial charge < -0.3 is 16.0 Å². The lowest BCUT2D eigenvalue weighted by molar-refractivity contribution is -0.121. The van der Waals surface area contributed by atoms with Crippen molar-refractivity contribution in [2.75, 3.05) is 25.1 Å². The summed E-state index contributed by atoms with van der Waals surface area (Å²) in [6, 6.07) is 7.94. The molecule has 138 valence electrons. The minimum absolute atomic E-state index is 0.0475. The Bertz CT molecular complexity index is 731. The number of hydrogen-bond donors (Lipinski definition) is 3. The van der Waals surface area contributed by atoms with Crippen molar-refractivity contribution in [3.8, 4) is 0 Å². The maximum atomic E-state index is 11.9. The number of guanidine groups is 1. The molecule has 1 amide bonds. The Morgan fingerprint density at radius 2 is 2.12 bits per heavy atom. The molecule has 1 aliphatic rings. The number of hydrogen-bond acceptors (Lipinski definition) is 4. The summed E-state index contributed by atoms with van der Waals surface area (Å²) in [5.41, 5.74) is 2.36. The van der Waals surface area contributed by atoms with Crippen LogP contribution in [0.2, 0.25) is 0 Å². The van der Waals surface area contributed by atoms with Crippen LogP contribution in [0.25, 0.3) is 0 Å². The van der Waals surface area contributed by atoms with Crippen molar-refractivity contribution in [3.63, 3.8) is 0 Å². The van der Waals surface area contributed by atoms with E-state index in [1.54, 1.807) is 7.05 Å². The molecule has 2 rings (SSSR count). The number of aryl methyl sites for hydroxylation is 1. The molecule has 0 bridgehead atoms. The van der Waals surface area contributed by atoms with E-state index in [0.29, 0.717) is 25.5 Å². The van der Waals surface area contributed by atoms with Crippen LogP contribution in [0.3, 0.4) is 0 Å². The second kappa shape index (κ2) is 8.84. The van der Waals surface area contributed by atoms with Crippen molar-refractivity contribution in [1.29, 1.82) is 0 Å². The number of amides is 1. The predicted octanol–water partition coefficient (Wildman–Crippen LogP) is 0.353. The molecule has 1 saturated heterocycles. The Hall–Kier alpha value is -2.09. The van der Waals surface area contributed by atoms with Crippen molar-refractivity contribution in [3.05, 3.63) is 35.4 Å². The maximum Gasteiger partial charge on any atom is 0.222 e. The molecule has 3 N–H and O–H groups in total. The highest BCUT2D eigenvalue weighted by atomic mass is 32.2. The number of carbonyl (C=O) groups is 1.